The van der Waals surface area contributed by atoms with Crippen molar-refractivity contribution < 1.29 is 15.0 Å². The number of hydrogen-bond donors (Lipinski definition) is 3. The van der Waals surface area contributed by atoms with E-state index in [-0.39, 0.29) is 17.0 Å². The van der Waals surface area contributed by atoms with Crippen LogP contribution in [0.1, 0.15) is 10.4 Å². The van der Waals surface area contributed by atoms with E-state index in [1.54, 1.807) is 0 Å². The fourth-order valence-electron chi connectivity index (χ4n) is 0.715. The Hall–Kier alpha value is -1.71. The Morgan fingerprint density at radius 2 is 2.00 bits per heavy atom. The van der Waals surface area contributed by atoms with Gasteiger partial charge in [-0.3, -0.25) is 4.79 Å². The molecule has 0 aromatic heterocycles. The molecule has 0 atom stereocenters. The van der Waals surface area contributed by atoms with Crippen molar-refractivity contribution in [3.63, 3.8) is 0 Å². The van der Waals surface area contributed by atoms with Crippen LogP contribution in [0.15, 0.2) is 12.1 Å². The maximum atomic E-state index is 10.2. The maximum absolute atomic E-state index is 10.2. The highest BCUT2D eigenvalue weighted by Crippen LogP contribution is 2.32. The Bertz CT molecular complexity index is 296. The van der Waals surface area contributed by atoms with Gasteiger partial charge in [0, 0.05) is 5.56 Å². The fourth-order valence-corrected chi connectivity index (χ4v) is 0.715. The van der Waals surface area contributed by atoms with Crippen LogP contribution in [-0.4, -0.2) is 16.5 Å². The second-order valence-electron chi connectivity index (χ2n) is 2.05. The van der Waals surface area contributed by atoms with Crippen LogP contribution in [0.3, 0.4) is 0 Å². The van der Waals surface area contributed by atoms with Gasteiger partial charge in [0.1, 0.15) is 0 Å². The molecule has 0 radical (unpaired) electrons. The molecule has 11 heavy (non-hydrogen) atoms. The molecule has 1 aromatic carbocycles. The number of aldehydes is 1. The number of carbonyl (C=O) groups excluding carboxylic acids is 1. The summed E-state index contributed by atoms with van der Waals surface area (Å²) in [5.41, 5.74) is 5.32. The topological polar surface area (TPSA) is 83.6 Å². The molecule has 0 aliphatic carbocycles. The van der Waals surface area contributed by atoms with Crippen molar-refractivity contribution in [1.82, 2.24) is 0 Å². The Balaban J connectivity index is 3.36. The van der Waals surface area contributed by atoms with Crippen molar-refractivity contribution in [2.45, 2.75) is 0 Å². The number of phenols is 2. The van der Waals surface area contributed by atoms with Crippen LogP contribution < -0.4 is 5.73 Å². The van der Waals surface area contributed by atoms with Crippen LogP contribution in [0, 0.1) is 0 Å². The normalized spacial score (nSPS) is 9.45. The SMILES string of the molecule is Nc1c(C=O)ccc(O)c1O. The van der Waals surface area contributed by atoms with Crippen LogP contribution in [0.5, 0.6) is 11.5 Å². The Morgan fingerprint density at radius 1 is 1.36 bits per heavy atom. The highest BCUT2D eigenvalue weighted by atomic mass is 16.3. The molecule has 0 aliphatic heterocycles. The fraction of sp³-hybridized carbons (Fsp3) is 0. The first-order valence-corrected chi connectivity index (χ1v) is 2.92. The van der Waals surface area contributed by atoms with E-state index in [0.717, 1.165) is 0 Å². The summed E-state index contributed by atoms with van der Waals surface area (Å²) in [6.45, 7) is 0. The molecule has 0 fully saturated rings. The van der Waals surface area contributed by atoms with Crippen LogP contribution in [0.4, 0.5) is 5.69 Å². The molecule has 0 bridgehead atoms. The summed E-state index contributed by atoms with van der Waals surface area (Å²) in [7, 11) is 0. The van der Waals surface area contributed by atoms with Crippen LogP contribution in [0.2, 0.25) is 0 Å². The van der Waals surface area contributed by atoms with E-state index in [9.17, 15) is 4.79 Å². The molecular formula is C7H7NO3. The summed E-state index contributed by atoms with van der Waals surface area (Å²) in [5.74, 6) is -0.775. The molecule has 4 heteroatoms. The minimum Gasteiger partial charge on any atom is -0.504 e. The lowest BCUT2D eigenvalue weighted by Gasteiger charge is -2.02. The number of phenolic OH excluding ortho intramolecular Hbond substituents is 2. The van der Waals surface area contributed by atoms with Gasteiger partial charge in [0.05, 0.1) is 5.69 Å². The average molecular weight is 153 g/mol. The highest BCUT2D eigenvalue weighted by Gasteiger charge is 2.06. The van der Waals surface area contributed by atoms with E-state index in [1.165, 1.54) is 12.1 Å². The molecule has 0 spiro atoms. The maximum Gasteiger partial charge on any atom is 0.181 e. The van der Waals surface area contributed by atoms with Gasteiger partial charge in [-0.2, -0.15) is 0 Å². The number of nitrogen functional groups attached to an aromatic ring is 1. The summed E-state index contributed by atoms with van der Waals surface area (Å²) < 4.78 is 0. The summed E-state index contributed by atoms with van der Waals surface area (Å²) >= 11 is 0. The molecule has 0 saturated carbocycles. The van der Waals surface area contributed by atoms with Gasteiger partial charge in [-0.1, -0.05) is 0 Å². The van der Waals surface area contributed by atoms with E-state index in [0.29, 0.717) is 6.29 Å². The number of benzene rings is 1. The van der Waals surface area contributed by atoms with E-state index in [1.807, 2.05) is 0 Å². The predicted octanol–water partition coefficient (Wildman–Crippen LogP) is 0.492. The Kier molecular flexibility index (Phi) is 1.68. The molecule has 4 N–H and O–H groups in total. The first kappa shape index (κ1) is 7.40. The molecule has 0 aliphatic rings. The third-order valence-electron chi connectivity index (χ3n) is 1.36. The lowest BCUT2D eigenvalue weighted by Crippen LogP contribution is -1.92. The molecule has 58 valence electrons. The van der Waals surface area contributed by atoms with Gasteiger partial charge in [-0.05, 0) is 12.1 Å². The highest BCUT2D eigenvalue weighted by molar-refractivity contribution is 5.86. The van der Waals surface area contributed by atoms with Crippen molar-refractivity contribution in [3.8, 4) is 11.5 Å². The molecular weight excluding hydrogens is 146 g/mol. The van der Waals surface area contributed by atoms with Gasteiger partial charge in [0.2, 0.25) is 0 Å². The van der Waals surface area contributed by atoms with E-state index in [4.69, 9.17) is 15.9 Å². The minimum atomic E-state index is -0.449. The van der Waals surface area contributed by atoms with Gasteiger partial charge < -0.3 is 15.9 Å². The van der Waals surface area contributed by atoms with Crippen LogP contribution in [0.25, 0.3) is 0 Å². The van der Waals surface area contributed by atoms with Crippen molar-refractivity contribution in [1.29, 1.82) is 0 Å². The lowest BCUT2D eigenvalue weighted by atomic mass is 10.2. The monoisotopic (exact) mass is 153 g/mol. The van der Waals surface area contributed by atoms with Gasteiger partial charge in [0.25, 0.3) is 0 Å². The predicted molar refractivity (Wildman–Crippen MR) is 39.6 cm³/mol. The molecule has 0 saturated heterocycles. The van der Waals surface area contributed by atoms with Gasteiger partial charge in [-0.25, -0.2) is 0 Å². The zero-order valence-corrected chi connectivity index (χ0v) is 5.61. The molecule has 4 nitrogen and oxygen atoms in total. The lowest BCUT2D eigenvalue weighted by molar-refractivity contribution is 0.112. The van der Waals surface area contributed by atoms with Gasteiger partial charge in [0.15, 0.2) is 17.8 Å². The molecule has 1 aromatic rings. The van der Waals surface area contributed by atoms with Crippen molar-refractivity contribution >= 4 is 12.0 Å². The molecule has 0 amide bonds. The largest absolute Gasteiger partial charge is 0.504 e. The van der Waals surface area contributed by atoms with Gasteiger partial charge in [-0.15, -0.1) is 0 Å². The van der Waals surface area contributed by atoms with E-state index >= 15 is 0 Å². The Morgan fingerprint density at radius 3 is 2.55 bits per heavy atom. The summed E-state index contributed by atoms with van der Waals surface area (Å²) in [6.07, 6.45) is 0.508. The summed E-state index contributed by atoms with van der Waals surface area (Å²) in [4.78, 5) is 10.2. The second-order valence-corrected chi connectivity index (χ2v) is 2.05. The van der Waals surface area contributed by atoms with Crippen molar-refractivity contribution in [2.75, 3.05) is 5.73 Å². The molecule has 0 unspecified atom stereocenters. The third-order valence-corrected chi connectivity index (χ3v) is 1.36. The minimum absolute atomic E-state index is 0.0972. The number of aromatic hydroxyl groups is 2. The molecule has 0 heterocycles. The smallest absolute Gasteiger partial charge is 0.181 e. The van der Waals surface area contributed by atoms with E-state index in [2.05, 4.69) is 0 Å². The number of anilines is 1. The van der Waals surface area contributed by atoms with Crippen LogP contribution >= 0.6 is 0 Å². The van der Waals surface area contributed by atoms with E-state index < -0.39 is 5.75 Å². The quantitative estimate of drug-likeness (QED) is 0.311. The van der Waals surface area contributed by atoms with Crippen molar-refractivity contribution in [2.24, 2.45) is 0 Å². The summed E-state index contributed by atoms with van der Waals surface area (Å²) in [6, 6.07) is 2.53. The number of carbonyl (C=O) groups is 1. The van der Waals surface area contributed by atoms with Crippen molar-refractivity contribution in [3.05, 3.63) is 17.7 Å². The third kappa shape index (κ3) is 1.10. The Labute approximate surface area is 62.9 Å². The zero-order chi connectivity index (χ0) is 8.43. The number of nitrogens with two attached hydrogens (primary N) is 1. The zero-order valence-electron chi connectivity index (χ0n) is 5.61. The summed E-state index contributed by atoms with van der Waals surface area (Å²) in [5, 5.41) is 17.9. The van der Waals surface area contributed by atoms with Gasteiger partial charge >= 0.3 is 0 Å². The second kappa shape index (κ2) is 2.49. The average Bonchev–Trinajstić information content (AvgIpc) is 2.01. The first-order valence-electron chi connectivity index (χ1n) is 2.92. The van der Waals surface area contributed by atoms with Crippen LogP contribution in [-0.2, 0) is 0 Å². The first-order chi connectivity index (χ1) is 5.16. The standard InChI is InChI=1S/C7H7NO3/c8-6-4(3-9)1-2-5(10)7(6)11/h1-3,10-11H,8H2. The number of hydrogen-bond acceptors (Lipinski definition) is 4. The molecule has 1 rings (SSSR count). The number of rotatable bonds is 1.